The van der Waals surface area contributed by atoms with Gasteiger partial charge in [0.05, 0.1) is 19.3 Å². The van der Waals surface area contributed by atoms with Crippen molar-refractivity contribution in [3.8, 4) is 0 Å². The number of hydrogen-bond donors (Lipinski definition) is 3. The van der Waals surface area contributed by atoms with Gasteiger partial charge in [0.25, 0.3) is 5.56 Å². The lowest BCUT2D eigenvalue weighted by Gasteiger charge is -2.25. The van der Waals surface area contributed by atoms with E-state index in [2.05, 4.69) is 4.98 Å². The van der Waals surface area contributed by atoms with Gasteiger partial charge in [-0.25, -0.2) is 4.79 Å². The van der Waals surface area contributed by atoms with Gasteiger partial charge in [-0.15, -0.1) is 0 Å². The molecule has 1 aromatic rings. The summed E-state index contributed by atoms with van der Waals surface area (Å²) >= 11 is 0. The molecule has 18 heavy (non-hydrogen) atoms. The molecule has 1 fully saturated rings. The Balaban J connectivity index is 2.32. The largest absolute Gasteiger partial charge is 0.396 e. The molecule has 0 spiro atoms. The molecule has 0 amide bonds. The molecule has 2 heterocycles. The molecule has 1 unspecified atom stereocenters. The van der Waals surface area contributed by atoms with E-state index < -0.39 is 29.0 Å². The van der Waals surface area contributed by atoms with Gasteiger partial charge in [-0.2, -0.15) is 0 Å². The van der Waals surface area contributed by atoms with Crippen molar-refractivity contribution in [2.45, 2.75) is 25.7 Å². The molecule has 1 aromatic heterocycles. The minimum absolute atomic E-state index is 0.146. The van der Waals surface area contributed by atoms with Crippen LogP contribution >= 0.6 is 0 Å². The molecular formula is C11H16N2O5. The van der Waals surface area contributed by atoms with Crippen molar-refractivity contribution in [3.05, 3.63) is 33.1 Å². The van der Waals surface area contributed by atoms with Crippen LogP contribution in [0.25, 0.3) is 0 Å². The lowest BCUT2D eigenvalue weighted by molar-refractivity contribution is -0.0541. The van der Waals surface area contributed by atoms with Gasteiger partial charge in [-0.05, 0) is 0 Å². The maximum atomic E-state index is 11.6. The van der Waals surface area contributed by atoms with E-state index in [1.807, 2.05) is 0 Å². The van der Waals surface area contributed by atoms with Gasteiger partial charge in [0, 0.05) is 24.1 Å². The highest BCUT2D eigenvalue weighted by Gasteiger charge is 2.45. The number of aliphatic hydroxyl groups is 2. The van der Waals surface area contributed by atoms with Crippen molar-refractivity contribution < 1.29 is 14.9 Å². The van der Waals surface area contributed by atoms with Crippen molar-refractivity contribution in [3.63, 3.8) is 0 Å². The first kappa shape index (κ1) is 13.0. The second-order valence-electron chi connectivity index (χ2n) is 4.80. The van der Waals surface area contributed by atoms with E-state index in [1.54, 1.807) is 6.92 Å². The number of nitrogens with one attached hydrogen (secondary N) is 1. The summed E-state index contributed by atoms with van der Waals surface area (Å²) in [5.41, 5.74) is -1.64. The number of nitrogens with zero attached hydrogens (tertiary/aromatic N) is 1. The summed E-state index contributed by atoms with van der Waals surface area (Å²) in [6.07, 6.45) is 0.610. The van der Waals surface area contributed by atoms with Crippen LogP contribution in [-0.2, 0) is 4.74 Å². The molecular weight excluding hydrogens is 240 g/mol. The summed E-state index contributed by atoms with van der Waals surface area (Å²) < 4.78 is 6.81. The lowest BCUT2D eigenvalue weighted by Crippen LogP contribution is -2.34. The van der Waals surface area contributed by atoms with E-state index in [4.69, 9.17) is 4.74 Å². The molecule has 0 aromatic carbocycles. The predicted molar refractivity (Wildman–Crippen MR) is 62.1 cm³/mol. The van der Waals surface area contributed by atoms with Crippen LogP contribution in [0.3, 0.4) is 0 Å². The molecule has 3 N–H and O–H groups in total. The maximum absolute atomic E-state index is 11.6. The summed E-state index contributed by atoms with van der Waals surface area (Å²) in [6.45, 7) is 1.41. The number of aliphatic hydroxyl groups excluding tert-OH is 2. The van der Waals surface area contributed by atoms with Crippen LogP contribution < -0.4 is 11.2 Å². The lowest BCUT2D eigenvalue weighted by atomic mass is 9.84. The number of hydrogen-bond acceptors (Lipinski definition) is 5. The predicted octanol–water partition coefficient (Wildman–Crippen LogP) is -1.18. The number of aromatic nitrogens is 2. The van der Waals surface area contributed by atoms with Crippen molar-refractivity contribution in [2.75, 3.05) is 13.2 Å². The Bertz CT molecular complexity index is 537. The van der Waals surface area contributed by atoms with Gasteiger partial charge in [-0.3, -0.25) is 14.3 Å². The van der Waals surface area contributed by atoms with E-state index in [-0.39, 0.29) is 13.2 Å². The fourth-order valence-corrected chi connectivity index (χ4v) is 2.18. The summed E-state index contributed by atoms with van der Waals surface area (Å²) in [6, 6.07) is 1.23. The Morgan fingerprint density at radius 2 is 2.28 bits per heavy atom. The summed E-state index contributed by atoms with van der Waals surface area (Å²) in [4.78, 5) is 24.7. The molecule has 1 aliphatic heterocycles. The molecule has 7 heteroatoms. The minimum Gasteiger partial charge on any atom is -0.396 e. The third kappa shape index (κ3) is 2.12. The highest BCUT2D eigenvalue weighted by atomic mass is 16.5. The first-order valence-electron chi connectivity index (χ1n) is 5.69. The van der Waals surface area contributed by atoms with Crippen LogP contribution in [0.1, 0.15) is 19.6 Å². The zero-order chi connectivity index (χ0) is 13.3. The average molecular weight is 256 g/mol. The Labute approximate surface area is 103 Å². The topological polar surface area (TPSA) is 105 Å². The number of ether oxygens (including phenoxy) is 1. The van der Waals surface area contributed by atoms with Crippen LogP contribution in [-0.4, -0.2) is 39.1 Å². The molecule has 0 saturated carbocycles. The second kappa shape index (κ2) is 4.68. The minimum atomic E-state index is -0.602. The van der Waals surface area contributed by atoms with E-state index in [1.165, 1.54) is 16.8 Å². The Morgan fingerprint density at radius 1 is 1.56 bits per heavy atom. The summed E-state index contributed by atoms with van der Waals surface area (Å²) in [5.74, 6) is 0. The van der Waals surface area contributed by atoms with E-state index in [0.717, 1.165) is 0 Å². The van der Waals surface area contributed by atoms with Gasteiger partial charge in [0.1, 0.15) is 6.23 Å². The molecule has 7 nitrogen and oxygen atoms in total. The quantitative estimate of drug-likeness (QED) is 0.631. The third-order valence-corrected chi connectivity index (χ3v) is 3.43. The first-order chi connectivity index (χ1) is 8.50. The zero-order valence-electron chi connectivity index (χ0n) is 10.00. The standard InChI is InChI=1S/C11H16N2O5/c1-11(6-15)4-9(18-7(11)5-14)13-3-2-8(16)12-10(13)17/h2-3,7,9,14-15H,4-6H2,1H3,(H,12,16,17)/t7-,9-,11?/m1/s1. The zero-order valence-corrected chi connectivity index (χ0v) is 10.00. The number of rotatable bonds is 3. The monoisotopic (exact) mass is 256 g/mol. The Morgan fingerprint density at radius 3 is 2.78 bits per heavy atom. The van der Waals surface area contributed by atoms with Crippen LogP contribution in [0, 0.1) is 5.41 Å². The SMILES string of the molecule is CC1(CO)C[C@H](n2ccc(=O)[nH]c2=O)O[C@@H]1CO. The molecule has 1 aliphatic rings. The Hall–Kier alpha value is -1.44. The molecule has 0 aliphatic carbocycles. The second-order valence-corrected chi connectivity index (χ2v) is 4.80. The summed E-state index contributed by atoms with van der Waals surface area (Å²) in [7, 11) is 0. The highest BCUT2D eigenvalue weighted by molar-refractivity contribution is 4.93. The van der Waals surface area contributed by atoms with E-state index in [0.29, 0.717) is 6.42 Å². The first-order valence-corrected chi connectivity index (χ1v) is 5.69. The molecule has 100 valence electrons. The molecule has 0 bridgehead atoms. The van der Waals surface area contributed by atoms with Gasteiger partial charge in [0.15, 0.2) is 0 Å². The number of H-pyrrole nitrogens is 1. The highest BCUT2D eigenvalue weighted by Crippen LogP contribution is 2.41. The fourth-order valence-electron chi connectivity index (χ4n) is 2.18. The van der Waals surface area contributed by atoms with Gasteiger partial charge in [0.2, 0.25) is 0 Å². The van der Waals surface area contributed by atoms with Crippen molar-refractivity contribution in [2.24, 2.45) is 5.41 Å². The van der Waals surface area contributed by atoms with Crippen molar-refractivity contribution >= 4 is 0 Å². The van der Waals surface area contributed by atoms with Crippen LogP contribution in [0.2, 0.25) is 0 Å². The fraction of sp³-hybridized carbons (Fsp3) is 0.636. The van der Waals surface area contributed by atoms with Crippen LogP contribution in [0.4, 0.5) is 0 Å². The van der Waals surface area contributed by atoms with Crippen LogP contribution in [0.15, 0.2) is 21.9 Å². The van der Waals surface area contributed by atoms with E-state index in [9.17, 15) is 19.8 Å². The smallest absolute Gasteiger partial charge is 0.330 e. The van der Waals surface area contributed by atoms with E-state index >= 15 is 0 Å². The third-order valence-electron chi connectivity index (χ3n) is 3.43. The van der Waals surface area contributed by atoms with Gasteiger partial charge < -0.3 is 14.9 Å². The van der Waals surface area contributed by atoms with Crippen molar-refractivity contribution in [1.29, 1.82) is 0 Å². The van der Waals surface area contributed by atoms with Crippen molar-refractivity contribution in [1.82, 2.24) is 9.55 Å². The van der Waals surface area contributed by atoms with Gasteiger partial charge >= 0.3 is 5.69 Å². The molecule has 2 rings (SSSR count). The summed E-state index contributed by atoms with van der Waals surface area (Å²) in [5, 5.41) is 18.6. The molecule has 1 saturated heterocycles. The average Bonchev–Trinajstić information content (AvgIpc) is 2.67. The molecule has 0 radical (unpaired) electrons. The van der Waals surface area contributed by atoms with Crippen LogP contribution in [0.5, 0.6) is 0 Å². The molecule has 3 atom stereocenters. The maximum Gasteiger partial charge on any atom is 0.330 e. The normalized spacial score (nSPS) is 31.7. The van der Waals surface area contributed by atoms with Gasteiger partial charge in [-0.1, -0.05) is 6.92 Å². The Kier molecular flexibility index (Phi) is 3.38. The number of aromatic amines is 1.